The molecule has 46 heavy (non-hydrogen) atoms. The van der Waals surface area contributed by atoms with Crippen molar-refractivity contribution in [2.75, 3.05) is 44.8 Å². The largest absolute Gasteiger partial charge is 0.459 e. The number of nitrogens with zero attached hydrogens (tertiary/aromatic N) is 6. The average molecular weight is 652 g/mol. The molecule has 2 aliphatic heterocycles. The van der Waals surface area contributed by atoms with E-state index in [2.05, 4.69) is 96.3 Å². The molecule has 3 N–H and O–H groups in total. The maximum Gasteiger partial charge on any atom is 0.322 e. The van der Waals surface area contributed by atoms with Crippen LogP contribution in [0.5, 0.6) is 6.01 Å². The molecule has 2 fully saturated rings. The summed E-state index contributed by atoms with van der Waals surface area (Å²) in [5.41, 5.74) is 5.17. The highest BCUT2D eigenvalue weighted by Gasteiger charge is 2.54. The van der Waals surface area contributed by atoms with Gasteiger partial charge >= 0.3 is 6.01 Å². The Bertz CT molecular complexity index is 1450. The maximum absolute atomic E-state index is 14.7. The Hall–Kier alpha value is -3.65. The van der Waals surface area contributed by atoms with Gasteiger partial charge < -0.3 is 29.7 Å². The number of oxime groups is 1. The third-order valence-electron chi connectivity index (χ3n) is 8.89. The van der Waals surface area contributed by atoms with Crippen LogP contribution in [0.2, 0.25) is 5.04 Å². The molecule has 0 saturated carbocycles. The summed E-state index contributed by atoms with van der Waals surface area (Å²) in [6.07, 6.45) is -1.16. The highest BCUT2D eigenvalue weighted by molar-refractivity contribution is 6.99. The van der Waals surface area contributed by atoms with E-state index in [1.807, 2.05) is 29.0 Å². The van der Waals surface area contributed by atoms with E-state index in [-0.39, 0.29) is 28.7 Å². The van der Waals surface area contributed by atoms with Crippen molar-refractivity contribution in [2.45, 2.75) is 70.0 Å². The molecular weight excluding hydrogens is 605 g/mol. The van der Waals surface area contributed by atoms with Gasteiger partial charge in [0.25, 0.3) is 8.32 Å². The second-order valence-corrected chi connectivity index (χ2v) is 17.7. The zero-order chi connectivity index (χ0) is 33.1. The van der Waals surface area contributed by atoms with Crippen LogP contribution in [-0.2, 0) is 9.16 Å². The molecule has 4 atom stereocenters. The van der Waals surface area contributed by atoms with Crippen LogP contribution in [0.25, 0.3) is 0 Å². The molecule has 2 saturated heterocycles. The molecule has 248 valence electrons. The molecule has 0 aliphatic carbocycles. The van der Waals surface area contributed by atoms with Crippen LogP contribution in [0.4, 0.5) is 10.3 Å². The van der Waals surface area contributed by atoms with Gasteiger partial charge in [-0.2, -0.15) is 15.0 Å². The number of aromatic nitrogens is 3. The van der Waals surface area contributed by atoms with Crippen molar-refractivity contribution < 1.29 is 23.5 Å². The number of anilines is 1. The van der Waals surface area contributed by atoms with Crippen molar-refractivity contribution >= 4 is 30.5 Å². The van der Waals surface area contributed by atoms with Gasteiger partial charge in [-0.15, -0.1) is 0 Å². The van der Waals surface area contributed by atoms with E-state index >= 15 is 0 Å². The number of alkyl halides is 1. The number of likely N-dealkylation sites (tertiary alicyclic amines) is 1. The summed E-state index contributed by atoms with van der Waals surface area (Å²) in [5, 5.41) is 14.7. The average Bonchev–Trinajstić information content (AvgIpc) is 3.25. The summed E-state index contributed by atoms with van der Waals surface area (Å²) in [5.74, 6) is -0.0795. The first-order valence-corrected chi connectivity index (χ1v) is 17.7. The van der Waals surface area contributed by atoms with Gasteiger partial charge in [-0.1, -0.05) is 86.6 Å². The molecular formula is C33H46FN7O4Si. The van der Waals surface area contributed by atoms with E-state index in [4.69, 9.17) is 19.6 Å². The van der Waals surface area contributed by atoms with Gasteiger partial charge in [-0.3, -0.25) is 4.90 Å². The number of hydrogen-bond donors (Lipinski definition) is 2. The van der Waals surface area contributed by atoms with Gasteiger partial charge in [0.05, 0.1) is 31.4 Å². The molecule has 2 aliphatic rings. The fourth-order valence-corrected chi connectivity index (χ4v) is 11.5. The number of rotatable bonds is 9. The molecule has 0 spiro atoms. The SMILES string of the molecule is CC(Oc1nc(/C(N)=N/O)nc(N2CCOC[C@@](C)(O[Si](c3ccccc3)(c3ccccc3)C(C)(C)C)C2)n1)[C@@H]1[C@H](F)CCN1C. The number of ether oxygens (including phenoxy) is 2. The smallest absolute Gasteiger partial charge is 0.322 e. The second-order valence-electron chi connectivity index (χ2n) is 13.5. The monoisotopic (exact) mass is 651 g/mol. The highest BCUT2D eigenvalue weighted by Crippen LogP contribution is 2.40. The summed E-state index contributed by atoms with van der Waals surface area (Å²) in [6.45, 7) is 12.8. The van der Waals surface area contributed by atoms with Crippen molar-refractivity contribution in [1.29, 1.82) is 0 Å². The minimum Gasteiger partial charge on any atom is -0.459 e. The molecule has 1 aromatic heterocycles. The van der Waals surface area contributed by atoms with E-state index in [1.54, 1.807) is 6.92 Å². The summed E-state index contributed by atoms with van der Waals surface area (Å²) in [7, 11) is -1.08. The van der Waals surface area contributed by atoms with Crippen LogP contribution in [0, 0.1) is 0 Å². The standard InChI is InChI=1S/C33H46FN7O4Si/c1-23(27-26(34)17-18-40(27)6)44-31-37-29(28(35)39-42)36-30(38-31)41-19-20-43-22-33(5,21-41)45-46(32(2,3)4,24-13-9-7-10-14-24)25-15-11-8-12-16-25/h7-16,23,26-27,42H,17-22H2,1-6H3,(H2,35,39)/t23?,26-,27-,33+/m1/s1. The third kappa shape index (κ3) is 6.87. The van der Waals surface area contributed by atoms with Crippen LogP contribution < -0.4 is 25.7 Å². The number of halogens is 1. The molecule has 1 unspecified atom stereocenters. The fourth-order valence-electron chi connectivity index (χ4n) is 6.75. The van der Waals surface area contributed by atoms with Crippen molar-refractivity contribution in [3.05, 3.63) is 66.5 Å². The quantitative estimate of drug-likeness (QED) is 0.117. The third-order valence-corrected chi connectivity index (χ3v) is 14.1. The van der Waals surface area contributed by atoms with E-state index in [9.17, 15) is 9.60 Å². The summed E-state index contributed by atoms with van der Waals surface area (Å²) in [6, 6.07) is 20.4. The summed E-state index contributed by atoms with van der Waals surface area (Å²) < 4.78 is 34.6. The van der Waals surface area contributed by atoms with E-state index in [1.165, 1.54) is 0 Å². The lowest BCUT2D eigenvalue weighted by Gasteiger charge is -2.48. The Labute approximate surface area is 271 Å². The van der Waals surface area contributed by atoms with Gasteiger partial charge in [0, 0.05) is 13.1 Å². The van der Waals surface area contributed by atoms with Crippen LogP contribution >= 0.6 is 0 Å². The molecule has 0 amide bonds. The predicted octanol–water partition coefficient (Wildman–Crippen LogP) is 2.95. The summed E-state index contributed by atoms with van der Waals surface area (Å²) >= 11 is 0. The Balaban J connectivity index is 1.53. The Morgan fingerprint density at radius 3 is 2.26 bits per heavy atom. The number of benzene rings is 2. The van der Waals surface area contributed by atoms with Crippen molar-refractivity contribution in [1.82, 2.24) is 19.9 Å². The molecule has 13 heteroatoms. The van der Waals surface area contributed by atoms with E-state index < -0.39 is 32.2 Å². The molecule has 11 nitrogen and oxygen atoms in total. The van der Waals surface area contributed by atoms with Crippen LogP contribution in [-0.4, -0.2) is 103 Å². The molecule has 3 aromatic rings. The minimum atomic E-state index is -2.95. The molecule has 3 heterocycles. The topological polar surface area (TPSA) is 131 Å². The molecule has 0 bridgehead atoms. The zero-order valence-corrected chi connectivity index (χ0v) is 28.6. The first-order valence-electron chi connectivity index (χ1n) is 15.8. The van der Waals surface area contributed by atoms with Crippen molar-refractivity contribution in [3.63, 3.8) is 0 Å². The Morgan fingerprint density at radius 2 is 1.72 bits per heavy atom. The lowest BCUT2D eigenvalue weighted by Crippen LogP contribution is -2.70. The van der Waals surface area contributed by atoms with Gasteiger partial charge in [-0.25, -0.2) is 4.39 Å². The van der Waals surface area contributed by atoms with Gasteiger partial charge in [0.2, 0.25) is 17.6 Å². The highest BCUT2D eigenvalue weighted by atomic mass is 28.4. The Kier molecular flexibility index (Phi) is 9.97. The number of hydrogen-bond acceptors (Lipinski definition) is 10. The first-order chi connectivity index (χ1) is 21.9. The lowest BCUT2D eigenvalue weighted by atomic mass is 10.1. The summed E-state index contributed by atoms with van der Waals surface area (Å²) in [4.78, 5) is 17.4. The molecule has 0 radical (unpaired) electrons. The fraction of sp³-hybridized carbons (Fsp3) is 0.515. The minimum absolute atomic E-state index is 0.0358. The maximum atomic E-state index is 14.7. The van der Waals surface area contributed by atoms with Crippen LogP contribution in [0.3, 0.4) is 0 Å². The first kappa shape index (κ1) is 33.7. The predicted molar refractivity (Wildman–Crippen MR) is 179 cm³/mol. The van der Waals surface area contributed by atoms with Crippen LogP contribution in [0.15, 0.2) is 65.8 Å². The van der Waals surface area contributed by atoms with Gasteiger partial charge in [-0.05, 0) is 42.7 Å². The zero-order valence-electron chi connectivity index (χ0n) is 27.6. The van der Waals surface area contributed by atoms with Crippen molar-refractivity contribution in [3.8, 4) is 6.01 Å². The van der Waals surface area contributed by atoms with Gasteiger partial charge in [0.15, 0.2) is 0 Å². The van der Waals surface area contributed by atoms with Gasteiger partial charge in [0.1, 0.15) is 12.3 Å². The second kappa shape index (κ2) is 13.6. The number of nitrogens with two attached hydrogens (primary N) is 1. The van der Waals surface area contributed by atoms with E-state index in [0.29, 0.717) is 39.3 Å². The van der Waals surface area contributed by atoms with Crippen LogP contribution in [0.1, 0.15) is 46.9 Å². The molecule has 2 aromatic carbocycles. The van der Waals surface area contributed by atoms with Crippen molar-refractivity contribution in [2.24, 2.45) is 10.9 Å². The lowest BCUT2D eigenvalue weighted by molar-refractivity contribution is -0.000406. The molecule has 5 rings (SSSR count). The van der Waals surface area contributed by atoms with E-state index in [0.717, 1.165) is 10.4 Å². The number of likely N-dealkylation sites (N-methyl/N-ethyl adjacent to an activating group) is 1. The number of amidine groups is 1. The Morgan fingerprint density at radius 1 is 1.09 bits per heavy atom. The normalized spacial score (nSPS) is 24.1.